The summed E-state index contributed by atoms with van der Waals surface area (Å²) < 4.78 is 1.69. The molecule has 0 aliphatic rings. The van der Waals surface area contributed by atoms with E-state index in [9.17, 15) is 0 Å². The Balaban J connectivity index is 2.32. The van der Waals surface area contributed by atoms with E-state index < -0.39 is 0 Å². The normalized spacial score (nSPS) is 10.9. The van der Waals surface area contributed by atoms with E-state index in [4.69, 9.17) is 15.9 Å². The lowest BCUT2D eigenvalue weighted by Gasteiger charge is -2.22. The summed E-state index contributed by atoms with van der Waals surface area (Å²) in [4.78, 5) is 1.91. The van der Waals surface area contributed by atoms with E-state index in [-0.39, 0.29) is 13.2 Å². The fourth-order valence-electron chi connectivity index (χ4n) is 1.81. The number of hydrogen-bond acceptors (Lipinski definition) is 5. The number of pyridine rings is 1. The van der Waals surface area contributed by atoms with E-state index in [1.165, 1.54) is 0 Å². The molecule has 6 heteroatoms. The van der Waals surface area contributed by atoms with Gasteiger partial charge in [0.25, 0.3) is 0 Å². The molecular weight excluding hydrogens is 220 g/mol. The molecule has 0 unspecified atom stereocenters. The van der Waals surface area contributed by atoms with Crippen LogP contribution in [0.4, 0.5) is 11.5 Å². The van der Waals surface area contributed by atoms with Gasteiger partial charge < -0.3 is 20.8 Å². The van der Waals surface area contributed by atoms with E-state index in [0.29, 0.717) is 18.9 Å². The van der Waals surface area contributed by atoms with Gasteiger partial charge in [0.15, 0.2) is 0 Å². The molecule has 2 aromatic rings. The van der Waals surface area contributed by atoms with E-state index in [1.54, 1.807) is 10.6 Å². The molecule has 4 N–H and O–H groups in total. The Morgan fingerprint density at radius 1 is 1.24 bits per heavy atom. The highest BCUT2D eigenvalue weighted by Gasteiger charge is 2.07. The molecule has 17 heavy (non-hydrogen) atoms. The molecule has 6 nitrogen and oxygen atoms in total. The van der Waals surface area contributed by atoms with Gasteiger partial charge in [-0.05, 0) is 12.1 Å². The average Bonchev–Trinajstić information content (AvgIpc) is 2.67. The zero-order valence-corrected chi connectivity index (χ0v) is 9.45. The lowest BCUT2D eigenvalue weighted by molar-refractivity contribution is 0.281. The number of nitrogens with two attached hydrogens (primary N) is 1. The van der Waals surface area contributed by atoms with Gasteiger partial charge in [-0.1, -0.05) is 0 Å². The summed E-state index contributed by atoms with van der Waals surface area (Å²) in [7, 11) is 0. The molecule has 0 bridgehead atoms. The third-order valence-corrected chi connectivity index (χ3v) is 2.57. The number of rotatable bonds is 5. The van der Waals surface area contributed by atoms with Crippen LogP contribution < -0.4 is 10.6 Å². The van der Waals surface area contributed by atoms with E-state index in [0.717, 1.165) is 11.2 Å². The first-order valence-corrected chi connectivity index (χ1v) is 5.46. The molecule has 0 saturated carbocycles. The Bertz CT molecular complexity index is 491. The van der Waals surface area contributed by atoms with Crippen LogP contribution in [-0.4, -0.2) is 46.1 Å². The molecule has 0 spiro atoms. The molecular formula is C11H16N4O2. The highest BCUT2D eigenvalue weighted by atomic mass is 16.3. The Morgan fingerprint density at radius 2 is 1.94 bits per heavy atom. The Hall–Kier alpha value is -1.79. The minimum atomic E-state index is 0.0482. The molecule has 0 aromatic carbocycles. The average molecular weight is 236 g/mol. The van der Waals surface area contributed by atoms with Gasteiger partial charge in [0, 0.05) is 31.0 Å². The minimum absolute atomic E-state index is 0.0482. The number of anilines is 2. The fraction of sp³-hybridized carbons (Fsp3) is 0.364. The molecule has 0 fully saturated rings. The maximum absolute atomic E-state index is 8.98. The number of nitrogen functional groups attached to an aromatic ring is 1. The van der Waals surface area contributed by atoms with Crippen molar-refractivity contribution in [2.75, 3.05) is 36.9 Å². The first-order valence-electron chi connectivity index (χ1n) is 5.46. The first-order chi connectivity index (χ1) is 8.24. The lowest BCUT2D eigenvalue weighted by atomic mass is 10.3. The van der Waals surface area contributed by atoms with Crippen molar-refractivity contribution >= 4 is 17.0 Å². The quantitative estimate of drug-likeness (QED) is 0.664. The summed E-state index contributed by atoms with van der Waals surface area (Å²) >= 11 is 0. The number of aromatic nitrogens is 2. The molecule has 0 amide bonds. The van der Waals surface area contributed by atoms with Crippen LogP contribution in [0.25, 0.3) is 5.52 Å². The van der Waals surface area contributed by atoms with Crippen LogP contribution >= 0.6 is 0 Å². The predicted octanol–water partition coefficient (Wildman–Crippen LogP) is -0.293. The van der Waals surface area contributed by atoms with Crippen molar-refractivity contribution in [2.24, 2.45) is 0 Å². The smallest absolute Gasteiger partial charge is 0.146 e. The summed E-state index contributed by atoms with van der Waals surface area (Å²) in [5.41, 5.74) is 7.43. The van der Waals surface area contributed by atoms with Crippen LogP contribution in [0.2, 0.25) is 0 Å². The standard InChI is InChI=1S/C11H16N4O2/c12-11-8-10-7-9(1-2-15(10)13-11)14(3-5-16)4-6-17/h1-2,7-8,16-17H,3-6H2,(H2,12,13). The van der Waals surface area contributed by atoms with Crippen LogP contribution in [0.5, 0.6) is 0 Å². The number of fused-ring (bicyclic) bond motifs is 1. The van der Waals surface area contributed by atoms with Crippen molar-refractivity contribution in [1.29, 1.82) is 0 Å². The molecule has 2 rings (SSSR count). The topological polar surface area (TPSA) is 87.0 Å². The van der Waals surface area contributed by atoms with Crippen molar-refractivity contribution in [3.05, 3.63) is 24.4 Å². The molecule has 0 aliphatic carbocycles. The van der Waals surface area contributed by atoms with Crippen molar-refractivity contribution in [2.45, 2.75) is 0 Å². The Kier molecular flexibility index (Phi) is 3.46. The molecule has 0 radical (unpaired) electrons. The molecule has 0 aliphatic heterocycles. The summed E-state index contributed by atoms with van der Waals surface area (Å²) in [6.07, 6.45) is 1.81. The monoisotopic (exact) mass is 236 g/mol. The number of hydrogen-bond donors (Lipinski definition) is 3. The second-order valence-electron chi connectivity index (χ2n) is 3.76. The van der Waals surface area contributed by atoms with Crippen LogP contribution in [0.1, 0.15) is 0 Å². The van der Waals surface area contributed by atoms with Crippen LogP contribution in [0, 0.1) is 0 Å². The molecule has 2 heterocycles. The van der Waals surface area contributed by atoms with Crippen molar-refractivity contribution in [1.82, 2.24) is 9.61 Å². The highest BCUT2D eigenvalue weighted by Crippen LogP contribution is 2.18. The van der Waals surface area contributed by atoms with Crippen molar-refractivity contribution < 1.29 is 10.2 Å². The van der Waals surface area contributed by atoms with Gasteiger partial charge >= 0.3 is 0 Å². The second-order valence-corrected chi connectivity index (χ2v) is 3.76. The van der Waals surface area contributed by atoms with Crippen LogP contribution in [0.15, 0.2) is 24.4 Å². The predicted molar refractivity (Wildman–Crippen MR) is 66.0 cm³/mol. The van der Waals surface area contributed by atoms with Gasteiger partial charge in [-0.15, -0.1) is 0 Å². The van der Waals surface area contributed by atoms with Gasteiger partial charge in [0.05, 0.1) is 18.7 Å². The summed E-state index contributed by atoms with van der Waals surface area (Å²) in [6.45, 7) is 1.07. The summed E-state index contributed by atoms with van der Waals surface area (Å²) in [5, 5.41) is 22.0. The Labute approximate surface area is 98.9 Å². The second kappa shape index (κ2) is 5.03. The number of nitrogens with zero attached hydrogens (tertiary/aromatic N) is 3. The van der Waals surface area contributed by atoms with Gasteiger partial charge in [-0.25, -0.2) is 4.52 Å². The molecule has 92 valence electrons. The van der Waals surface area contributed by atoms with E-state index in [1.807, 2.05) is 23.2 Å². The summed E-state index contributed by atoms with van der Waals surface area (Å²) in [6, 6.07) is 5.58. The SMILES string of the molecule is Nc1cc2cc(N(CCO)CCO)ccn2n1. The maximum atomic E-state index is 8.98. The minimum Gasteiger partial charge on any atom is -0.395 e. The molecule has 0 atom stereocenters. The molecule has 2 aromatic heterocycles. The van der Waals surface area contributed by atoms with Crippen LogP contribution in [-0.2, 0) is 0 Å². The van der Waals surface area contributed by atoms with Crippen molar-refractivity contribution in [3.63, 3.8) is 0 Å². The van der Waals surface area contributed by atoms with E-state index >= 15 is 0 Å². The number of aliphatic hydroxyl groups is 2. The zero-order chi connectivity index (χ0) is 12.3. The third kappa shape index (κ3) is 2.48. The fourth-order valence-corrected chi connectivity index (χ4v) is 1.81. The van der Waals surface area contributed by atoms with E-state index in [2.05, 4.69) is 5.10 Å². The highest BCUT2D eigenvalue weighted by molar-refractivity contribution is 5.62. The van der Waals surface area contributed by atoms with Crippen molar-refractivity contribution in [3.8, 4) is 0 Å². The van der Waals surface area contributed by atoms with Gasteiger partial charge in [0.2, 0.25) is 0 Å². The Morgan fingerprint density at radius 3 is 2.59 bits per heavy atom. The zero-order valence-electron chi connectivity index (χ0n) is 9.45. The van der Waals surface area contributed by atoms with Crippen LogP contribution in [0.3, 0.4) is 0 Å². The largest absolute Gasteiger partial charge is 0.395 e. The summed E-state index contributed by atoms with van der Waals surface area (Å²) in [5.74, 6) is 0.470. The van der Waals surface area contributed by atoms with Gasteiger partial charge in [-0.2, -0.15) is 5.10 Å². The maximum Gasteiger partial charge on any atom is 0.146 e. The van der Waals surface area contributed by atoms with Gasteiger partial charge in [0.1, 0.15) is 5.82 Å². The lowest BCUT2D eigenvalue weighted by Crippen LogP contribution is -2.29. The van der Waals surface area contributed by atoms with Gasteiger partial charge in [-0.3, -0.25) is 0 Å². The molecule has 0 saturated heterocycles. The first kappa shape index (κ1) is 11.7. The number of aliphatic hydroxyl groups excluding tert-OH is 2. The third-order valence-electron chi connectivity index (χ3n) is 2.57.